The zero-order valence-corrected chi connectivity index (χ0v) is 23.6. The van der Waals surface area contributed by atoms with Crippen LogP contribution < -0.4 is 0 Å². The summed E-state index contributed by atoms with van der Waals surface area (Å²) in [7, 11) is -4.22. The number of carbonyl (C=O) groups is 2. The quantitative estimate of drug-likeness (QED) is 0.209. The minimum atomic E-state index is -4.22. The van der Waals surface area contributed by atoms with Crippen LogP contribution in [0.3, 0.4) is 0 Å². The maximum atomic E-state index is 13.5. The van der Waals surface area contributed by atoms with Crippen molar-refractivity contribution in [3.05, 3.63) is 70.8 Å². The molecule has 4 nitrogen and oxygen atoms in total. The molecule has 144 valence electrons. The van der Waals surface area contributed by atoms with Crippen molar-refractivity contribution < 1.29 is 18.0 Å². The van der Waals surface area contributed by atoms with Crippen LogP contribution in [0.1, 0.15) is 31.8 Å². The predicted molar refractivity (Wildman–Crippen MR) is 141 cm³/mol. The van der Waals surface area contributed by atoms with Crippen LogP contribution in [0.25, 0.3) is 0 Å². The molecule has 0 unspecified atom stereocenters. The van der Waals surface area contributed by atoms with Gasteiger partial charge in [-0.3, -0.25) is 9.59 Å². The minimum Gasteiger partial charge on any atom is -0.291 e. The summed E-state index contributed by atoms with van der Waals surface area (Å²) in [6.07, 6.45) is 0. The van der Waals surface area contributed by atoms with Crippen LogP contribution >= 0.6 is 90.4 Å². The Morgan fingerprint density at radius 3 is 1.30 bits per heavy atom. The molecule has 0 aliphatic heterocycles. The van der Waals surface area contributed by atoms with Gasteiger partial charge in [-0.25, -0.2) is 8.42 Å². The summed E-state index contributed by atoms with van der Waals surface area (Å²) in [5, 5.41) is 0. The van der Waals surface area contributed by atoms with E-state index in [0.717, 1.165) is 0 Å². The number of alkyl halides is 4. The fourth-order valence-corrected chi connectivity index (χ4v) is 13.6. The average molecular weight is 834 g/mol. The fourth-order valence-electron chi connectivity index (χ4n) is 2.37. The zero-order valence-electron chi connectivity index (χ0n) is 14.2. The fraction of sp³-hybridized carbons (Fsp3) is 0.222. The van der Waals surface area contributed by atoms with Gasteiger partial charge in [0.2, 0.25) is 22.9 Å². The van der Waals surface area contributed by atoms with Crippen LogP contribution in [0.15, 0.2) is 48.5 Å². The Morgan fingerprint density at radius 1 is 0.704 bits per heavy atom. The summed E-state index contributed by atoms with van der Waals surface area (Å²) in [5.74, 6) is -1.09. The van der Waals surface area contributed by atoms with Gasteiger partial charge >= 0.3 is 0 Å². The van der Waals surface area contributed by atoms with Gasteiger partial charge in [-0.15, -0.1) is 0 Å². The second kappa shape index (κ2) is 8.79. The number of hydrogen-bond donors (Lipinski definition) is 0. The number of aryl methyl sites for hydroxylation is 2. The molecule has 0 aliphatic carbocycles. The lowest BCUT2D eigenvalue weighted by atomic mass is 10.1. The van der Waals surface area contributed by atoms with Crippen LogP contribution in [0.5, 0.6) is 0 Å². The monoisotopic (exact) mass is 834 g/mol. The Balaban J connectivity index is 2.55. The first kappa shape index (κ1) is 23.9. The van der Waals surface area contributed by atoms with Crippen molar-refractivity contribution in [1.29, 1.82) is 0 Å². The summed E-state index contributed by atoms with van der Waals surface area (Å²) in [4.78, 5) is 26.2. The lowest BCUT2D eigenvalue weighted by molar-refractivity contribution is 0.101. The number of hydrogen-bond acceptors (Lipinski definition) is 4. The van der Waals surface area contributed by atoms with Crippen molar-refractivity contribution in [2.45, 2.75) is 15.4 Å². The number of halogens is 4. The molecule has 0 radical (unpaired) electrons. The summed E-state index contributed by atoms with van der Waals surface area (Å²) in [6.45, 7) is 3.51. The second-order valence-corrected chi connectivity index (χ2v) is 21.6. The third-order valence-electron chi connectivity index (χ3n) is 3.98. The molecule has 0 aliphatic rings. The smallest absolute Gasteiger partial charge is 0.238 e. The van der Waals surface area contributed by atoms with Crippen molar-refractivity contribution >= 4 is 112 Å². The number of benzene rings is 2. The van der Waals surface area contributed by atoms with Crippen LogP contribution in [0, 0.1) is 13.8 Å². The summed E-state index contributed by atoms with van der Waals surface area (Å²) < 4.78 is 23.3. The Morgan fingerprint density at radius 2 is 1.00 bits per heavy atom. The van der Waals surface area contributed by atoms with Gasteiger partial charge in [-0.1, -0.05) is 48.5 Å². The van der Waals surface area contributed by atoms with Crippen LogP contribution in [0.4, 0.5) is 0 Å². The first-order chi connectivity index (χ1) is 12.4. The lowest BCUT2D eigenvalue weighted by Crippen LogP contribution is -2.47. The Kier molecular flexibility index (Phi) is 7.79. The van der Waals surface area contributed by atoms with Crippen molar-refractivity contribution in [1.82, 2.24) is 0 Å². The molecule has 27 heavy (non-hydrogen) atoms. The van der Waals surface area contributed by atoms with Crippen LogP contribution in [-0.2, 0) is 9.84 Å². The largest absolute Gasteiger partial charge is 0.291 e. The van der Waals surface area contributed by atoms with Crippen LogP contribution in [0.2, 0.25) is 0 Å². The normalized spacial score (nSPS) is 12.7. The third kappa shape index (κ3) is 4.40. The molecule has 0 aromatic heterocycles. The molecule has 2 rings (SSSR count). The van der Waals surface area contributed by atoms with Gasteiger partial charge in [0, 0.05) is 11.1 Å². The number of Topliss-reactive ketones (excluding diaryl/α,β-unsaturated/α-hetero) is 2. The second-order valence-electron chi connectivity index (χ2n) is 5.83. The average Bonchev–Trinajstić information content (AvgIpc) is 2.61. The van der Waals surface area contributed by atoms with Crippen LogP contribution in [-0.4, -0.2) is 21.5 Å². The van der Waals surface area contributed by atoms with Gasteiger partial charge in [0.1, 0.15) is 0 Å². The van der Waals surface area contributed by atoms with Gasteiger partial charge < -0.3 is 0 Å². The summed E-state index contributed by atoms with van der Waals surface area (Å²) in [6, 6.07) is 13.7. The number of ketones is 2. The van der Waals surface area contributed by atoms with E-state index in [1.807, 2.05) is 0 Å². The third-order valence-corrected chi connectivity index (χ3v) is 14.6. The standard InChI is InChI=1S/C18H14I4O4S/c1-11-7-3-5-9-13(11)15(23)17(19,20)27(25,26)18(21,22)16(24)14-10-6-4-8-12(14)2/h3-10H,1-2H3. The van der Waals surface area contributed by atoms with E-state index in [4.69, 9.17) is 0 Å². The molecule has 0 amide bonds. The van der Waals surface area contributed by atoms with Gasteiger partial charge in [0.15, 0.2) is 0 Å². The highest BCUT2D eigenvalue weighted by molar-refractivity contribution is 14.2. The van der Waals surface area contributed by atoms with E-state index in [-0.39, 0.29) is 0 Å². The lowest BCUT2D eigenvalue weighted by Gasteiger charge is -2.29. The Bertz CT molecular complexity index is 938. The molecule has 0 saturated carbocycles. The molecular formula is C18H14I4O4S. The highest BCUT2D eigenvalue weighted by Gasteiger charge is 2.59. The molecule has 0 N–H and O–H groups in total. The molecule has 0 atom stereocenters. The SMILES string of the molecule is Cc1ccccc1C(=O)C(I)(I)S(=O)(=O)C(I)(I)C(=O)c1ccccc1C. The Hall–Kier alpha value is 0.650. The summed E-state index contributed by atoms with van der Waals surface area (Å²) >= 11 is 6.55. The molecule has 0 saturated heterocycles. The predicted octanol–water partition coefficient (Wildman–Crippen LogP) is 5.83. The number of sulfone groups is 1. The van der Waals surface area contributed by atoms with E-state index in [9.17, 15) is 18.0 Å². The van der Waals surface area contributed by atoms with E-state index < -0.39 is 22.9 Å². The topological polar surface area (TPSA) is 68.3 Å². The molecule has 0 heterocycles. The van der Waals surface area contributed by atoms with E-state index >= 15 is 0 Å². The zero-order chi connectivity index (χ0) is 20.6. The van der Waals surface area contributed by atoms with Crippen molar-refractivity contribution in [2.75, 3.05) is 0 Å². The van der Waals surface area contributed by atoms with Gasteiger partial charge in [0.05, 0.1) is 0 Å². The molecule has 0 fully saturated rings. The van der Waals surface area contributed by atoms with E-state index in [1.165, 1.54) is 0 Å². The van der Waals surface area contributed by atoms with E-state index in [1.54, 1.807) is 153 Å². The molecular weight excluding hydrogens is 820 g/mol. The first-order valence-corrected chi connectivity index (χ1v) is 13.4. The van der Waals surface area contributed by atoms with Gasteiger partial charge in [0.25, 0.3) is 0 Å². The number of carbonyl (C=O) groups excluding carboxylic acids is 2. The maximum Gasteiger partial charge on any atom is 0.238 e. The van der Waals surface area contributed by atoms with E-state index in [0.29, 0.717) is 22.3 Å². The Labute approximate surface area is 213 Å². The van der Waals surface area contributed by atoms with Gasteiger partial charge in [-0.05, 0) is 115 Å². The van der Waals surface area contributed by atoms with Crippen molar-refractivity contribution in [3.63, 3.8) is 0 Å². The molecule has 0 bridgehead atoms. The van der Waals surface area contributed by atoms with Crippen molar-refractivity contribution in [3.8, 4) is 0 Å². The highest BCUT2D eigenvalue weighted by Crippen LogP contribution is 2.50. The molecule has 2 aromatic carbocycles. The van der Waals surface area contributed by atoms with Crippen molar-refractivity contribution in [2.24, 2.45) is 0 Å². The molecule has 0 spiro atoms. The maximum absolute atomic E-state index is 13.5. The minimum absolute atomic E-state index is 0.330. The molecule has 2 aromatic rings. The van der Waals surface area contributed by atoms with E-state index in [2.05, 4.69) is 0 Å². The molecule has 9 heteroatoms. The highest BCUT2D eigenvalue weighted by atomic mass is 127. The summed E-state index contributed by atoms with van der Waals surface area (Å²) in [5.41, 5.74) is 2.04. The van der Waals surface area contributed by atoms with Gasteiger partial charge in [-0.2, -0.15) is 0 Å². The number of rotatable bonds is 6. The first-order valence-electron chi connectivity index (χ1n) is 7.56.